The number of nitrogens with one attached hydrogen (secondary N) is 2. The minimum absolute atomic E-state index is 0. The van der Waals surface area contributed by atoms with Gasteiger partial charge in [-0.05, 0) is 26.7 Å². The molecule has 2 fully saturated rings. The molecular weight excluding hydrogens is 447 g/mol. The number of nitrogens with two attached hydrogens (primary N) is 1. The highest BCUT2D eigenvalue weighted by Gasteiger charge is 2.24. The molecule has 2 atom stereocenters. The first-order valence-corrected chi connectivity index (χ1v) is 9.31. The lowest BCUT2D eigenvalue weighted by Gasteiger charge is -2.38. The second-order valence-corrected chi connectivity index (χ2v) is 7.12. The first-order chi connectivity index (χ1) is 12.0. The number of aliphatic imine (C=N–C) groups is 1. The fourth-order valence-electron chi connectivity index (χ4n) is 3.60. The van der Waals surface area contributed by atoms with Crippen molar-refractivity contribution in [3.05, 3.63) is 0 Å². The van der Waals surface area contributed by atoms with Crippen LogP contribution in [0.15, 0.2) is 4.99 Å². The summed E-state index contributed by atoms with van der Waals surface area (Å²) in [5.74, 6) is 0.594. The Bertz CT molecular complexity index is 457. The molecule has 2 rings (SSSR count). The zero-order valence-electron chi connectivity index (χ0n) is 16.2. The molecule has 8 nitrogen and oxygen atoms in total. The lowest BCUT2D eigenvalue weighted by molar-refractivity contribution is -0.119. The third kappa shape index (κ3) is 7.53. The molecule has 0 bridgehead atoms. The Morgan fingerprint density at radius 2 is 2.04 bits per heavy atom. The van der Waals surface area contributed by atoms with Gasteiger partial charge in [0.1, 0.15) is 0 Å². The number of carbonyl (C=O) groups excluding carboxylic acids is 1. The van der Waals surface area contributed by atoms with Gasteiger partial charge in [0, 0.05) is 51.4 Å². The SMILES string of the molecule is CN=C(NCC(C)N1CCOCC1C)NC1CCN(CC(N)=O)CC1.I. The van der Waals surface area contributed by atoms with Crippen LogP contribution in [-0.2, 0) is 9.53 Å². The molecule has 26 heavy (non-hydrogen) atoms. The number of amides is 1. The van der Waals surface area contributed by atoms with Crippen LogP contribution >= 0.6 is 24.0 Å². The molecule has 0 aliphatic carbocycles. The summed E-state index contributed by atoms with van der Waals surface area (Å²) in [6.07, 6.45) is 1.98. The van der Waals surface area contributed by atoms with Crippen molar-refractivity contribution in [3.63, 3.8) is 0 Å². The van der Waals surface area contributed by atoms with E-state index in [1.54, 1.807) is 7.05 Å². The van der Waals surface area contributed by atoms with Gasteiger partial charge in [-0.25, -0.2) is 0 Å². The number of morpholine rings is 1. The summed E-state index contributed by atoms with van der Waals surface area (Å²) >= 11 is 0. The highest BCUT2D eigenvalue weighted by molar-refractivity contribution is 14.0. The van der Waals surface area contributed by atoms with Crippen LogP contribution < -0.4 is 16.4 Å². The molecule has 0 aromatic heterocycles. The van der Waals surface area contributed by atoms with Gasteiger partial charge in [0.25, 0.3) is 0 Å². The Balaban J connectivity index is 0.00000338. The summed E-state index contributed by atoms with van der Waals surface area (Å²) < 4.78 is 5.51. The summed E-state index contributed by atoms with van der Waals surface area (Å²) in [6, 6.07) is 1.26. The smallest absolute Gasteiger partial charge is 0.231 e. The number of nitrogens with zero attached hydrogens (tertiary/aromatic N) is 3. The molecule has 152 valence electrons. The zero-order valence-corrected chi connectivity index (χ0v) is 18.6. The van der Waals surface area contributed by atoms with E-state index < -0.39 is 0 Å². The summed E-state index contributed by atoms with van der Waals surface area (Å²) in [4.78, 5) is 19.9. The van der Waals surface area contributed by atoms with Crippen molar-refractivity contribution in [3.8, 4) is 0 Å². The summed E-state index contributed by atoms with van der Waals surface area (Å²) in [6.45, 7) is 10.0. The number of rotatable bonds is 6. The van der Waals surface area contributed by atoms with Crippen LogP contribution in [0.25, 0.3) is 0 Å². The Morgan fingerprint density at radius 1 is 1.35 bits per heavy atom. The summed E-state index contributed by atoms with van der Waals surface area (Å²) in [5.41, 5.74) is 5.26. The largest absolute Gasteiger partial charge is 0.379 e. The number of halogens is 1. The van der Waals surface area contributed by atoms with Gasteiger partial charge >= 0.3 is 0 Å². The Morgan fingerprint density at radius 3 is 2.62 bits per heavy atom. The van der Waals surface area contributed by atoms with Crippen LogP contribution in [0.5, 0.6) is 0 Å². The van der Waals surface area contributed by atoms with Gasteiger partial charge < -0.3 is 21.1 Å². The van der Waals surface area contributed by atoms with Crippen molar-refractivity contribution in [1.82, 2.24) is 20.4 Å². The maximum atomic E-state index is 11.0. The molecule has 2 unspecified atom stereocenters. The van der Waals surface area contributed by atoms with E-state index in [0.29, 0.717) is 24.7 Å². The number of likely N-dealkylation sites (tertiary alicyclic amines) is 1. The van der Waals surface area contributed by atoms with Crippen LogP contribution in [-0.4, -0.2) is 92.8 Å². The van der Waals surface area contributed by atoms with E-state index in [-0.39, 0.29) is 29.9 Å². The van der Waals surface area contributed by atoms with Gasteiger partial charge in [-0.1, -0.05) is 0 Å². The second-order valence-electron chi connectivity index (χ2n) is 7.12. The van der Waals surface area contributed by atoms with Crippen LogP contribution in [0, 0.1) is 0 Å². The van der Waals surface area contributed by atoms with Crippen LogP contribution in [0.3, 0.4) is 0 Å². The maximum Gasteiger partial charge on any atom is 0.231 e. The summed E-state index contributed by atoms with van der Waals surface area (Å²) in [5, 5.41) is 6.95. The topological polar surface area (TPSA) is 95.2 Å². The number of ether oxygens (including phenoxy) is 1. The quantitative estimate of drug-likeness (QED) is 0.277. The molecule has 9 heteroatoms. The zero-order chi connectivity index (χ0) is 18.2. The third-order valence-electron chi connectivity index (χ3n) is 5.08. The van der Waals surface area contributed by atoms with E-state index in [1.165, 1.54) is 0 Å². The number of hydrogen-bond donors (Lipinski definition) is 3. The Labute approximate surface area is 174 Å². The Hall–Kier alpha value is -0.650. The molecule has 2 heterocycles. The first-order valence-electron chi connectivity index (χ1n) is 9.31. The number of guanidine groups is 1. The Kier molecular flexibility index (Phi) is 10.7. The summed E-state index contributed by atoms with van der Waals surface area (Å²) in [7, 11) is 1.81. The average Bonchev–Trinajstić information content (AvgIpc) is 2.59. The molecule has 2 aliphatic heterocycles. The molecule has 0 saturated carbocycles. The number of hydrogen-bond acceptors (Lipinski definition) is 5. The second kappa shape index (κ2) is 11.9. The van der Waals surface area contributed by atoms with Crippen molar-refractivity contribution in [2.24, 2.45) is 10.7 Å². The van der Waals surface area contributed by atoms with Gasteiger partial charge in [0.15, 0.2) is 5.96 Å². The minimum Gasteiger partial charge on any atom is -0.379 e. The monoisotopic (exact) mass is 482 g/mol. The highest BCUT2D eigenvalue weighted by Crippen LogP contribution is 2.11. The van der Waals surface area contributed by atoms with E-state index in [0.717, 1.165) is 58.2 Å². The number of carbonyl (C=O) groups is 1. The standard InChI is InChI=1S/C17H34N6O2.HI/c1-13(23-8-9-25-12-14(23)2)10-20-17(19-3)21-15-4-6-22(7-5-15)11-16(18)24;/h13-15H,4-12H2,1-3H3,(H2,18,24)(H2,19,20,21);1H. The lowest BCUT2D eigenvalue weighted by atomic mass is 10.1. The van der Waals surface area contributed by atoms with E-state index in [2.05, 4.69) is 39.3 Å². The fraction of sp³-hybridized carbons (Fsp3) is 0.882. The molecule has 0 aromatic rings. The molecule has 2 aliphatic rings. The normalized spacial score (nSPS) is 24.6. The highest BCUT2D eigenvalue weighted by atomic mass is 127. The molecule has 2 saturated heterocycles. The molecule has 0 spiro atoms. The van der Waals surface area contributed by atoms with Crippen molar-refractivity contribution < 1.29 is 9.53 Å². The predicted octanol–water partition coefficient (Wildman–Crippen LogP) is -0.172. The van der Waals surface area contributed by atoms with Crippen molar-refractivity contribution in [2.75, 3.05) is 53.0 Å². The van der Waals surface area contributed by atoms with Gasteiger partial charge in [0.2, 0.25) is 5.91 Å². The average molecular weight is 482 g/mol. The molecular formula is C17H35IN6O2. The van der Waals surface area contributed by atoms with Crippen molar-refractivity contribution >= 4 is 35.8 Å². The minimum atomic E-state index is -0.254. The molecule has 4 N–H and O–H groups in total. The lowest BCUT2D eigenvalue weighted by Crippen LogP contribution is -2.54. The molecule has 1 amide bonds. The van der Waals surface area contributed by atoms with Gasteiger partial charge in [-0.3, -0.25) is 19.6 Å². The third-order valence-corrected chi connectivity index (χ3v) is 5.08. The fourth-order valence-corrected chi connectivity index (χ4v) is 3.60. The first kappa shape index (κ1) is 23.4. The maximum absolute atomic E-state index is 11.0. The molecule has 0 radical (unpaired) electrons. The number of piperidine rings is 1. The van der Waals surface area contributed by atoms with Gasteiger partial charge in [0.05, 0.1) is 19.8 Å². The van der Waals surface area contributed by atoms with E-state index in [1.807, 2.05) is 0 Å². The van der Waals surface area contributed by atoms with E-state index in [9.17, 15) is 4.79 Å². The van der Waals surface area contributed by atoms with Gasteiger partial charge in [-0.2, -0.15) is 0 Å². The van der Waals surface area contributed by atoms with Crippen LogP contribution in [0.2, 0.25) is 0 Å². The van der Waals surface area contributed by atoms with E-state index in [4.69, 9.17) is 10.5 Å². The van der Waals surface area contributed by atoms with Crippen LogP contribution in [0.1, 0.15) is 26.7 Å². The van der Waals surface area contributed by atoms with Gasteiger partial charge in [-0.15, -0.1) is 24.0 Å². The van der Waals surface area contributed by atoms with Crippen molar-refractivity contribution in [2.45, 2.75) is 44.8 Å². The van der Waals surface area contributed by atoms with E-state index >= 15 is 0 Å². The molecule has 0 aromatic carbocycles. The van der Waals surface area contributed by atoms with Crippen molar-refractivity contribution in [1.29, 1.82) is 0 Å². The van der Waals surface area contributed by atoms with Crippen LogP contribution in [0.4, 0.5) is 0 Å². The number of primary amides is 1. The predicted molar refractivity (Wildman–Crippen MR) is 115 cm³/mol.